The number of benzene rings is 1. The fourth-order valence-corrected chi connectivity index (χ4v) is 2.45. The molecular weight excluding hydrogens is 339 g/mol. The first-order chi connectivity index (χ1) is 11.0. The van der Waals surface area contributed by atoms with E-state index in [0.717, 1.165) is 0 Å². The van der Waals surface area contributed by atoms with Crippen LogP contribution in [0, 0.1) is 0 Å². The van der Waals surface area contributed by atoms with Gasteiger partial charge in [-0.3, -0.25) is 9.59 Å². The van der Waals surface area contributed by atoms with E-state index in [1.54, 1.807) is 36.6 Å². The van der Waals surface area contributed by atoms with Gasteiger partial charge in [0.2, 0.25) is 11.8 Å². The quantitative estimate of drug-likeness (QED) is 0.861. The Hall–Kier alpha value is -1.98. The van der Waals surface area contributed by atoms with Crippen molar-refractivity contribution in [1.82, 2.24) is 5.32 Å². The van der Waals surface area contributed by atoms with Crippen molar-refractivity contribution in [3.63, 3.8) is 0 Å². The van der Waals surface area contributed by atoms with Crippen molar-refractivity contribution in [1.29, 1.82) is 0 Å². The van der Waals surface area contributed by atoms with E-state index >= 15 is 0 Å². The summed E-state index contributed by atoms with van der Waals surface area (Å²) in [4.78, 5) is 25.2. The third-order valence-electron chi connectivity index (χ3n) is 3.20. The summed E-state index contributed by atoms with van der Waals surface area (Å²) in [5.41, 5.74) is 0.491. The molecule has 0 spiro atoms. The molecule has 2 amide bonds. The Kier molecular flexibility index (Phi) is 6.07. The van der Waals surface area contributed by atoms with Crippen molar-refractivity contribution >= 4 is 40.7 Å². The zero-order valence-electron chi connectivity index (χ0n) is 12.5. The number of carbonyl (C=O) groups is 2. The van der Waals surface area contributed by atoms with E-state index in [4.69, 9.17) is 27.6 Å². The van der Waals surface area contributed by atoms with Crippen LogP contribution < -0.4 is 10.2 Å². The lowest BCUT2D eigenvalue weighted by Crippen LogP contribution is -2.33. The predicted molar refractivity (Wildman–Crippen MR) is 89.7 cm³/mol. The Morgan fingerprint density at radius 2 is 2.00 bits per heavy atom. The topological polar surface area (TPSA) is 62.6 Å². The first kappa shape index (κ1) is 17.4. The van der Waals surface area contributed by atoms with Crippen molar-refractivity contribution in [2.45, 2.75) is 19.9 Å². The Bertz CT molecular complexity index is 687. The van der Waals surface area contributed by atoms with Gasteiger partial charge in [-0.15, -0.1) is 0 Å². The molecule has 0 saturated carbocycles. The molecule has 0 fully saturated rings. The molecule has 2 aromatic rings. The fourth-order valence-electron chi connectivity index (χ4n) is 2.05. The summed E-state index contributed by atoms with van der Waals surface area (Å²) in [5.74, 6) is 0.262. The van der Waals surface area contributed by atoms with Gasteiger partial charge in [0.05, 0.1) is 28.5 Å². The number of anilines is 1. The number of halogens is 2. The molecule has 0 aliphatic heterocycles. The van der Waals surface area contributed by atoms with Crippen LogP contribution in [0.25, 0.3) is 0 Å². The number of rotatable bonds is 6. The predicted octanol–water partition coefficient (Wildman–Crippen LogP) is 3.65. The minimum absolute atomic E-state index is 0.142. The van der Waals surface area contributed by atoms with Gasteiger partial charge in [0.1, 0.15) is 5.76 Å². The number of carbonyl (C=O) groups excluding carboxylic acids is 2. The lowest BCUT2D eigenvalue weighted by atomic mass is 10.2. The third kappa shape index (κ3) is 4.74. The van der Waals surface area contributed by atoms with Crippen LogP contribution in [-0.2, 0) is 16.1 Å². The van der Waals surface area contributed by atoms with Gasteiger partial charge in [0.15, 0.2) is 0 Å². The summed E-state index contributed by atoms with van der Waals surface area (Å²) >= 11 is 12.1. The molecule has 23 heavy (non-hydrogen) atoms. The maximum absolute atomic E-state index is 11.9. The van der Waals surface area contributed by atoms with Crippen LogP contribution in [0.2, 0.25) is 10.0 Å². The second-order valence-electron chi connectivity index (χ2n) is 4.85. The summed E-state index contributed by atoms with van der Waals surface area (Å²) in [6.45, 7) is 1.93. The highest BCUT2D eigenvalue weighted by Crippen LogP contribution is 2.32. The van der Waals surface area contributed by atoms with E-state index in [0.29, 0.717) is 28.0 Å². The first-order valence-electron chi connectivity index (χ1n) is 7.00. The number of nitrogens with zero attached hydrogens (tertiary/aromatic N) is 1. The lowest BCUT2D eigenvalue weighted by Gasteiger charge is -2.22. The normalized spacial score (nSPS) is 10.4. The van der Waals surface area contributed by atoms with Crippen molar-refractivity contribution in [2.75, 3.05) is 11.4 Å². The van der Waals surface area contributed by atoms with Gasteiger partial charge >= 0.3 is 0 Å². The molecule has 122 valence electrons. The van der Waals surface area contributed by atoms with Crippen molar-refractivity contribution in [3.05, 3.63) is 52.4 Å². The van der Waals surface area contributed by atoms with Gasteiger partial charge in [-0.05, 0) is 24.3 Å². The van der Waals surface area contributed by atoms with Crippen LogP contribution in [0.3, 0.4) is 0 Å². The van der Waals surface area contributed by atoms with Crippen molar-refractivity contribution < 1.29 is 14.0 Å². The molecule has 0 unspecified atom stereocenters. The average molecular weight is 355 g/mol. The van der Waals surface area contributed by atoms with E-state index < -0.39 is 0 Å². The highest BCUT2D eigenvalue weighted by atomic mass is 35.5. The van der Waals surface area contributed by atoms with Crippen LogP contribution in [-0.4, -0.2) is 18.4 Å². The van der Waals surface area contributed by atoms with E-state index in [9.17, 15) is 9.59 Å². The van der Waals surface area contributed by atoms with Crippen LogP contribution in [0.15, 0.2) is 41.0 Å². The Labute approximate surface area is 144 Å². The van der Waals surface area contributed by atoms with E-state index in [1.807, 2.05) is 0 Å². The Balaban J connectivity index is 1.96. The maximum atomic E-state index is 11.9. The molecule has 0 aliphatic carbocycles. The van der Waals surface area contributed by atoms with Crippen molar-refractivity contribution in [2.24, 2.45) is 0 Å². The molecule has 5 nitrogen and oxygen atoms in total. The number of nitrogens with one attached hydrogen (secondary N) is 1. The fraction of sp³-hybridized carbons (Fsp3) is 0.250. The van der Waals surface area contributed by atoms with E-state index in [-0.39, 0.29) is 24.8 Å². The molecule has 0 atom stereocenters. The van der Waals surface area contributed by atoms with Crippen LogP contribution in [0.1, 0.15) is 19.1 Å². The number of furan rings is 1. The van der Waals surface area contributed by atoms with Gasteiger partial charge in [0, 0.05) is 19.9 Å². The molecule has 0 aliphatic rings. The number of hydrogen-bond acceptors (Lipinski definition) is 3. The summed E-state index contributed by atoms with van der Waals surface area (Å²) < 4.78 is 5.13. The van der Waals surface area contributed by atoms with Crippen LogP contribution >= 0.6 is 23.2 Å². The van der Waals surface area contributed by atoms with Gasteiger partial charge in [-0.2, -0.15) is 0 Å². The highest BCUT2D eigenvalue weighted by Gasteiger charge is 2.17. The lowest BCUT2D eigenvalue weighted by molar-refractivity contribution is -0.121. The summed E-state index contributed by atoms with van der Waals surface area (Å²) in [6, 6.07) is 8.56. The SMILES string of the molecule is CC(=O)N(CCC(=O)NCc1ccco1)c1cccc(Cl)c1Cl. The minimum Gasteiger partial charge on any atom is -0.467 e. The molecular formula is C16H16Cl2N2O3. The first-order valence-corrected chi connectivity index (χ1v) is 7.76. The van der Waals surface area contributed by atoms with Gasteiger partial charge in [-0.1, -0.05) is 29.3 Å². The highest BCUT2D eigenvalue weighted by molar-refractivity contribution is 6.44. The molecule has 0 radical (unpaired) electrons. The summed E-state index contributed by atoms with van der Waals surface area (Å²) in [7, 11) is 0. The van der Waals surface area contributed by atoms with Gasteiger partial charge in [-0.25, -0.2) is 0 Å². The molecule has 1 heterocycles. The van der Waals surface area contributed by atoms with Gasteiger partial charge < -0.3 is 14.6 Å². The summed E-state index contributed by atoms with van der Waals surface area (Å²) in [5, 5.41) is 3.38. The molecule has 1 N–H and O–H groups in total. The Morgan fingerprint density at radius 1 is 1.22 bits per heavy atom. The number of amides is 2. The van der Waals surface area contributed by atoms with Crippen LogP contribution in [0.4, 0.5) is 5.69 Å². The zero-order valence-corrected chi connectivity index (χ0v) is 14.0. The molecule has 2 rings (SSSR count). The maximum Gasteiger partial charge on any atom is 0.223 e. The largest absolute Gasteiger partial charge is 0.467 e. The second kappa shape index (κ2) is 8.04. The minimum atomic E-state index is -0.215. The van der Waals surface area contributed by atoms with Crippen molar-refractivity contribution in [3.8, 4) is 0 Å². The van der Waals surface area contributed by atoms with Gasteiger partial charge in [0.25, 0.3) is 0 Å². The third-order valence-corrected chi connectivity index (χ3v) is 4.01. The Morgan fingerprint density at radius 3 is 2.65 bits per heavy atom. The molecule has 1 aromatic heterocycles. The standard InChI is InChI=1S/C16H16Cl2N2O3/c1-11(21)20(14-6-2-5-13(17)16(14)18)8-7-15(22)19-10-12-4-3-9-23-12/h2-6,9H,7-8,10H2,1H3,(H,19,22). The summed E-state index contributed by atoms with van der Waals surface area (Å²) in [6.07, 6.45) is 1.68. The monoisotopic (exact) mass is 354 g/mol. The average Bonchev–Trinajstić information content (AvgIpc) is 3.02. The van der Waals surface area contributed by atoms with E-state index in [1.165, 1.54) is 11.8 Å². The smallest absolute Gasteiger partial charge is 0.223 e. The van der Waals surface area contributed by atoms with Crippen LogP contribution in [0.5, 0.6) is 0 Å². The molecule has 7 heteroatoms. The second-order valence-corrected chi connectivity index (χ2v) is 5.63. The molecule has 1 aromatic carbocycles. The number of hydrogen-bond donors (Lipinski definition) is 1. The molecule has 0 saturated heterocycles. The molecule has 0 bridgehead atoms. The van der Waals surface area contributed by atoms with E-state index in [2.05, 4.69) is 5.32 Å². The zero-order chi connectivity index (χ0) is 16.8.